The molecule has 0 amide bonds. The number of benzene rings is 1. The molecule has 0 spiro atoms. The lowest BCUT2D eigenvalue weighted by Crippen LogP contribution is -2.43. The van der Waals surface area contributed by atoms with Gasteiger partial charge in [-0.3, -0.25) is 4.90 Å². The Morgan fingerprint density at radius 2 is 2.20 bits per heavy atom. The maximum atomic E-state index is 14.2. The van der Waals surface area contributed by atoms with E-state index in [1.165, 1.54) is 6.07 Å². The van der Waals surface area contributed by atoms with Crippen molar-refractivity contribution >= 4 is 0 Å². The molecule has 1 aromatic carbocycles. The van der Waals surface area contributed by atoms with E-state index >= 15 is 0 Å². The first kappa shape index (κ1) is 15.4. The van der Waals surface area contributed by atoms with Crippen molar-refractivity contribution in [1.29, 1.82) is 0 Å². The first-order valence-electron chi connectivity index (χ1n) is 7.49. The second-order valence-corrected chi connectivity index (χ2v) is 5.57. The van der Waals surface area contributed by atoms with Gasteiger partial charge in [0.05, 0.1) is 12.1 Å². The molecule has 3 atom stereocenters. The largest absolute Gasteiger partial charge is 0.377 e. The van der Waals surface area contributed by atoms with Crippen LogP contribution in [-0.2, 0) is 4.74 Å². The summed E-state index contributed by atoms with van der Waals surface area (Å²) in [5.74, 6) is -0.167. The summed E-state index contributed by atoms with van der Waals surface area (Å²) in [7, 11) is 0. The normalized spacial score (nSPS) is 24.1. The molecule has 20 heavy (non-hydrogen) atoms. The molecule has 2 N–H and O–H groups in total. The maximum Gasteiger partial charge on any atom is 0.128 e. The number of nitrogens with two attached hydrogens (primary N) is 1. The lowest BCUT2D eigenvalue weighted by atomic mass is 9.95. The third-order valence-electron chi connectivity index (χ3n) is 3.98. The van der Waals surface area contributed by atoms with Gasteiger partial charge in [0.2, 0.25) is 0 Å². The van der Waals surface area contributed by atoms with Crippen molar-refractivity contribution in [3.05, 3.63) is 35.6 Å². The van der Waals surface area contributed by atoms with E-state index in [0.29, 0.717) is 5.56 Å². The molecular weight excluding hydrogens is 255 g/mol. The second-order valence-electron chi connectivity index (χ2n) is 5.57. The summed E-state index contributed by atoms with van der Waals surface area (Å²) in [6.45, 7) is 6.58. The van der Waals surface area contributed by atoms with Crippen LogP contribution in [0, 0.1) is 5.82 Å². The number of hydrogen-bond acceptors (Lipinski definition) is 3. The highest BCUT2D eigenvalue weighted by Gasteiger charge is 2.29. The molecule has 1 aliphatic heterocycles. The minimum atomic E-state index is -0.167. The lowest BCUT2D eigenvalue weighted by Gasteiger charge is -2.35. The molecule has 1 aromatic rings. The molecule has 3 nitrogen and oxygen atoms in total. The Kier molecular flexibility index (Phi) is 5.52. The van der Waals surface area contributed by atoms with E-state index in [2.05, 4.69) is 18.7 Å². The van der Waals surface area contributed by atoms with E-state index in [0.717, 1.165) is 32.5 Å². The van der Waals surface area contributed by atoms with E-state index < -0.39 is 0 Å². The van der Waals surface area contributed by atoms with Crippen LogP contribution in [0.15, 0.2) is 24.3 Å². The molecule has 2 rings (SSSR count). The molecule has 0 radical (unpaired) electrons. The maximum absolute atomic E-state index is 14.2. The Labute approximate surface area is 120 Å². The van der Waals surface area contributed by atoms with Crippen LogP contribution in [0.25, 0.3) is 0 Å². The van der Waals surface area contributed by atoms with Gasteiger partial charge >= 0.3 is 0 Å². The summed E-state index contributed by atoms with van der Waals surface area (Å²) in [5.41, 5.74) is 7.00. The third-order valence-corrected chi connectivity index (χ3v) is 3.98. The van der Waals surface area contributed by atoms with Gasteiger partial charge in [-0.1, -0.05) is 25.1 Å². The molecule has 0 bridgehead atoms. The predicted octanol–water partition coefficient (Wildman–Crippen LogP) is 2.71. The van der Waals surface area contributed by atoms with Gasteiger partial charge in [-0.15, -0.1) is 0 Å². The van der Waals surface area contributed by atoms with Gasteiger partial charge in [0.25, 0.3) is 0 Å². The highest BCUT2D eigenvalue weighted by Crippen LogP contribution is 2.28. The summed E-state index contributed by atoms with van der Waals surface area (Å²) >= 11 is 0. The summed E-state index contributed by atoms with van der Waals surface area (Å²) in [4.78, 5) is 2.28. The van der Waals surface area contributed by atoms with Crippen LogP contribution in [0.3, 0.4) is 0 Å². The Bertz CT molecular complexity index is 427. The van der Waals surface area contributed by atoms with E-state index in [4.69, 9.17) is 10.5 Å². The first-order chi connectivity index (χ1) is 9.63. The Morgan fingerprint density at radius 3 is 2.90 bits per heavy atom. The van der Waals surface area contributed by atoms with Gasteiger partial charge in [-0.05, 0) is 25.8 Å². The molecule has 3 unspecified atom stereocenters. The van der Waals surface area contributed by atoms with Crippen LogP contribution in [0.1, 0.15) is 38.3 Å². The van der Waals surface area contributed by atoms with Gasteiger partial charge in [-0.25, -0.2) is 4.39 Å². The molecular formula is C16H25FN2O. The van der Waals surface area contributed by atoms with Crippen molar-refractivity contribution in [2.75, 3.05) is 19.7 Å². The predicted molar refractivity (Wildman–Crippen MR) is 79.0 cm³/mol. The lowest BCUT2D eigenvalue weighted by molar-refractivity contribution is 0.0570. The molecule has 1 fully saturated rings. The molecule has 1 heterocycles. The number of halogens is 1. The highest BCUT2D eigenvalue weighted by molar-refractivity contribution is 5.23. The number of ether oxygens (including phenoxy) is 1. The molecule has 0 saturated carbocycles. The summed E-state index contributed by atoms with van der Waals surface area (Å²) in [6.07, 6.45) is 1.95. The Balaban J connectivity index is 2.29. The molecule has 1 saturated heterocycles. The van der Waals surface area contributed by atoms with Gasteiger partial charge in [0, 0.05) is 31.3 Å². The van der Waals surface area contributed by atoms with Crippen LogP contribution < -0.4 is 5.73 Å². The van der Waals surface area contributed by atoms with Crippen LogP contribution >= 0.6 is 0 Å². The van der Waals surface area contributed by atoms with Crippen molar-refractivity contribution < 1.29 is 9.13 Å². The topological polar surface area (TPSA) is 38.5 Å². The monoisotopic (exact) mass is 280 g/mol. The summed E-state index contributed by atoms with van der Waals surface area (Å²) in [6, 6.07) is 6.82. The smallest absolute Gasteiger partial charge is 0.128 e. The summed E-state index contributed by atoms with van der Waals surface area (Å²) in [5, 5.41) is 0. The molecule has 112 valence electrons. The Morgan fingerprint density at radius 1 is 1.45 bits per heavy atom. The number of hydrogen-bond donors (Lipinski definition) is 1. The molecule has 1 aliphatic rings. The van der Waals surface area contributed by atoms with Crippen LogP contribution in [0.4, 0.5) is 4.39 Å². The quantitative estimate of drug-likeness (QED) is 0.921. The van der Waals surface area contributed by atoms with Crippen LogP contribution in [0.5, 0.6) is 0 Å². The molecule has 0 aromatic heterocycles. The van der Waals surface area contributed by atoms with Crippen molar-refractivity contribution in [1.82, 2.24) is 4.90 Å². The fourth-order valence-electron chi connectivity index (χ4n) is 2.92. The fourth-order valence-corrected chi connectivity index (χ4v) is 2.92. The zero-order valence-corrected chi connectivity index (χ0v) is 12.4. The van der Waals surface area contributed by atoms with Crippen molar-refractivity contribution in [2.45, 2.75) is 44.9 Å². The summed E-state index contributed by atoms with van der Waals surface area (Å²) < 4.78 is 19.9. The average molecular weight is 280 g/mol. The zero-order chi connectivity index (χ0) is 14.5. The number of rotatable bonds is 4. The zero-order valence-electron chi connectivity index (χ0n) is 12.4. The standard InChI is InChI=1S/C16H25FN2O/c1-3-15(18)16(13-7-4-5-8-14(13)17)19-9-6-10-20-12(2)11-19/h4-5,7-8,12,15-16H,3,6,9-11,18H2,1-2H3. The van der Waals surface area contributed by atoms with Crippen molar-refractivity contribution in [3.63, 3.8) is 0 Å². The second kappa shape index (κ2) is 7.16. The van der Waals surface area contributed by atoms with Gasteiger partial charge in [0.15, 0.2) is 0 Å². The van der Waals surface area contributed by atoms with E-state index in [9.17, 15) is 4.39 Å². The van der Waals surface area contributed by atoms with Gasteiger partial charge in [-0.2, -0.15) is 0 Å². The SMILES string of the molecule is CCC(N)C(c1ccccc1F)N1CCCOC(C)C1. The van der Waals surface area contributed by atoms with Gasteiger partial charge < -0.3 is 10.5 Å². The average Bonchev–Trinajstić information content (AvgIpc) is 2.65. The first-order valence-corrected chi connectivity index (χ1v) is 7.49. The van der Waals surface area contributed by atoms with E-state index in [1.54, 1.807) is 6.07 Å². The molecule has 4 heteroatoms. The van der Waals surface area contributed by atoms with E-state index in [-0.39, 0.29) is 24.0 Å². The third kappa shape index (κ3) is 3.57. The van der Waals surface area contributed by atoms with Crippen molar-refractivity contribution in [3.8, 4) is 0 Å². The van der Waals surface area contributed by atoms with E-state index in [1.807, 2.05) is 12.1 Å². The number of nitrogens with zero attached hydrogens (tertiary/aromatic N) is 1. The molecule has 0 aliphatic carbocycles. The minimum absolute atomic E-state index is 0.0720. The van der Waals surface area contributed by atoms with Crippen LogP contribution in [0.2, 0.25) is 0 Å². The minimum Gasteiger partial charge on any atom is -0.377 e. The van der Waals surface area contributed by atoms with Crippen molar-refractivity contribution in [2.24, 2.45) is 5.73 Å². The van der Waals surface area contributed by atoms with Gasteiger partial charge in [0.1, 0.15) is 5.82 Å². The Hall–Kier alpha value is -0.970. The highest BCUT2D eigenvalue weighted by atomic mass is 19.1. The fraction of sp³-hybridized carbons (Fsp3) is 0.625. The van der Waals surface area contributed by atoms with Crippen LogP contribution in [-0.4, -0.2) is 36.7 Å².